The predicted molar refractivity (Wildman–Crippen MR) is 95.8 cm³/mol. The molecule has 0 saturated heterocycles. The highest BCUT2D eigenvalue weighted by molar-refractivity contribution is 6.03. The second kappa shape index (κ2) is 5.96. The van der Waals surface area contributed by atoms with Gasteiger partial charge in [-0.05, 0) is 56.5 Å². The quantitative estimate of drug-likeness (QED) is 0.766. The normalized spacial score (nSPS) is 10.8. The minimum absolute atomic E-state index is 0.0116. The van der Waals surface area contributed by atoms with Gasteiger partial charge in [0.15, 0.2) is 11.2 Å². The van der Waals surface area contributed by atoms with Gasteiger partial charge in [0.1, 0.15) is 5.58 Å². The first-order valence-electron chi connectivity index (χ1n) is 7.79. The van der Waals surface area contributed by atoms with Crippen LogP contribution in [0.4, 0.5) is 5.69 Å². The van der Waals surface area contributed by atoms with Gasteiger partial charge in [0, 0.05) is 11.8 Å². The fourth-order valence-corrected chi connectivity index (χ4v) is 2.91. The lowest BCUT2D eigenvalue weighted by atomic mass is 10.1. The Kier molecular flexibility index (Phi) is 3.97. The molecule has 3 aromatic rings. The summed E-state index contributed by atoms with van der Waals surface area (Å²) >= 11 is 0. The van der Waals surface area contributed by atoms with Gasteiger partial charge in [-0.1, -0.05) is 23.8 Å². The van der Waals surface area contributed by atoms with Crippen molar-refractivity contribution in [3.05, 3.63) is 74.6 Å². The molecule has 1 N–H and O–H groups in total. The van der Waals surface area contributed by atoms with Gasteiger partial charge in [-0.15, -0.1) is 0 Å². The molecule has 24 heavy (non-hydrogen) atoms. The Bertz CT molecular complexity index is 1020. The standard InChI is InChI=1S/C20H19NO3/c1-11-5-6-15(13(3)7-11)21-20(23)18-10-16(22)19-14(4)8-12(2)9-17(19)24-18/h5-10H,1-4H3,(H,21,23). The zero-order chi connectivity index (χ0) is 17.4. The van der Waals surface area contributed by atoms with Gasteiger partial charge in [0.25, 0.3) is 5.91 Å². The first kappa shape index (κ1) is 16.0. The van der Waals surface area contributed by atoms with Crippen molar-refractivity contribution in [3.63, 3.8) is 0 Å². The first-order chi connectivity index (χ1) is 11.3. The lowest BCUT2D eigenvalue weighted by molar-refractivity contribution is 0.0997. The summed E-state index contributed by atoms with van der Waals surface area (Å²) in [7, 11) is 0. The van der Waals surface area contributed by atoms with E-state index in [-0.39, 0.29) is 11.2 Å². The molecule has 1 heterocycles. The number of carbonyl (C=O) groups is 1. The van der Waals surface area contributed by atoms with Gasteiger partial charge in [0.05, 0.1) is 5.39 Å². The summed E-state index contributed by atoms with van der Waals surface area (Å²) < 4.78 is 5.69. The van der Waals surface area contributed by atoms with E-state index in [9.17, 15) is 9.59 Å². The van der Waals surface area contributed by atoms with E-state index in [4.69, 9.17) is 4.42 Å². The molecule has 0 unspecified atom stereocenters. The van der Waals surface area contributed by atoms with Crippen molar-refractivity contribution < 1.29 is 9.21 Å². The molecule has 4 heteroatoms. The Hall–Kier alpha value is -2.88. The Morgan fingerprint density at radius 1 is 0.917 bits per heavy atom. The van der Waals surface area contributed by atoms with Crippen molar-refractivity contribution >= 4 is 22.6 Å². The fourth-order valence-electron chi connectivity index (χ4n) is 2.91. The molecular weight excluding hydrogens is 302 g/mol. The number of anilines is 1. The maximum atomic E-state index is 12.5. The van der Waals surface area contributed by atoms with E-state index in [1.807, 2.05) is 52.0 Å². The minimum Gasteiger partial charge on any atom is -0.451 e. The lowest BCUT2D eigenvalue weighted by Crippen LogP contribution is -2.16. The van der Waals surface area contributed by atoms with Gasteiger partial charge in [-0.2, -0.15) is 0 Å². The van der Waals surface area contributed by atoms with Crippen molar-refractivity contribution in [1.82, 2.24) is 0 Å². The number of carbonyl (C=O) groups excluding carboxylic acids is 1. The molecule has 0 aliphatic carbocycles. The summed E-state index contributed by atoms with van der Waals surface area (Å²) in [5, 5.41) is 3.32. The third-order valence-corrected chi connectivity index (χ3v) is 4.03. The second-order valence-electron chi connectivity index (χ2n) is 6.20. The van der Waals surface area contributed by atoms with Gasteiger partial charge in [-0.3, -0.25) is 9.59 Å². The maximum absolute atomic E-state index is 12.5. The molecule has 1 amide bonds. The third-order valence-electron chi connectivity index (χ3n) is 4.03. The SMILES string of the molecule is Cc1ccc(NC(=O)c2cc(=O)c3c(C)cc(C)cc3o2)c(C)c1. The summed E-state index contributed by atoms with van der Waals surface area (Å²) in [5.41, 5.74) is 4.83. The number of amides is 1. The van der Waals surface area contributed by atoms with Crippen LogP contribution in [-0.2, 0) is 0 Å². The van der Waals surface area contributed by atoms with E-state index in [0.717, 1.165) is 22.3 Å². The van der Waals surface area contributed by atoms with Crippen molar-refractivity contribution in [2.75, 3.05) is 5.32 Å². The van der Waals surface area contributed by atoms with E-state index in [2.05, 4.69) is 5.32 Å². The molecule has 0 aliphatic heterocycles. The molecule has 0 fully saturated rings. The molecule has 2 aromatic carbocycles. The smallest absolute Gasteiger partial charge is 0.291 e. The summed E-state index contributed by atoms with van der Waals surface area (Å²) in [6, 6.07) is 10.7. The van der Waals surface area contributed by atoms with Crippen LogP contribution in [0.3, 0.4) is 0 Å². The molecule has 0 radical (unpaired) electrons. The van der Waals surface area contributed by atoms with Crippen LogP contribution in [0.1, 0.15) is 32.8 Å². The molecule has 122 valence electrons. The number of rotatable bonds is 2. The van der Waals surface area contributed by atoms with Crippen molar-refractivity contribution in [2.24, 2.45) is 0 Å². The molecule has 0 saturated carbocycles. The van der Waals surface area contributed by atoms with E-state index in [1.165, 1.54) is 6.07 Å². The average molecular weight is 321 g/mol. The molecule has 1 aromatic heterocycles. The first-order valence-corrected chi connectivity index (χ1v) is 7.79. The Balaban J connectivity index is 2.03. The predicted octanol–water partition coefficient (Wildman–Crippen LogP) is 4.28. The van der Waals surface area contributed by atoms with Crippen LogP contribution in [0.2, 0.25) is 0 Å². The number of benzene rings is 2. The fraction of sp³-hybridized carbons (Fsp3) is 0.200. The number of hydrogen-bond acceptors (Lipinski definition) is 3. The number of hydrogen-bond donors (Lipinski definition) is 1. The van der Waals surface area contributed by atoms with Gasteiger partial charge >= 0.3 is 0 Å². The third kappa shape index (κ3) is 2.95. The molecule has 0 bridgehead atoms. The van der Waals surface area contributed by atoms with Gasteiger partial charge < -0.3 is 9.73 Å². The highest BCUT2D eigenvalue weighted by atomic mass is 16.3. The number of aryl methyl sites for hydroxylation is 4. The average Bonchev–Trinajstić information content (AvgIpc) is 2.48. The van der Waals surface area contributed by atoms with Crippen molar-refractivity contribution in [1.29, 1.82) is 0 Å². The number of fused-ring (bicyclic) bond motifs is 1. The monoisotopic (exact) mass is 321 g/mol. The van der Waals surface area contributed by atoms with Crippen LogP contribution in [0.15, 0.2) is 45.6 Å². The zero-order valence-corrected chi connectivity index (χ0v) is 14.2. The molecule has 0 aliphatic rings. The van der Waals surface area contributed by atoms with E-state index < -0.39 is 5.91 Å². The van der Waals surface area contributed by atoms with Crippen molar-refractivity contribution in [2.45, 2.75) is 27.7 Å². The minimum atomic E-state index is -0.430. The Morgan fingerprint density at radius 3 is 2.33 bits per heavy atom. The highest BCUT2D eigenvalue weighted by Gasteiger charge is 2.15. The van der Waals surface area contributed by atoms with Crippen LogP contribution in [0, 0.1) is 27.7 Å². The van der Waals surface area contributed by atoms with E-state index in [1.54, 1.807) is 6.07 Å². The van der Waals surface area contributed by atoms with Gasteiger partial charge in [0.2, 0.25) is 0 Å². The summed E-state index contributed by atoms with van der Waals surface area (Å²) in [6.07, 6.45) is 0. The van der Waals surface area contributed by atoms with E-state index in [0.29, 0.717) is 16.7 Å². The van der Waals surface area contributed by atoms with Gasteiger partial charge in [-0.25, -0.2) is 0 Å². The molecule has 4 nitrogen and oxygen atoms in total. The largest absolute Gasteiger partial charge is 0.451 e. The second-order valence-corrected chi connectivity index (χ2v) is 6.20. The summed E-state index contributed by atoms with van der Waals surface area (Å²) in [5.74, 6) is -0.419. The zero-order valence-electron chi connectivity index (χ0n) is 14.2. The van der Waals surface area contributed by atoms with Crippen LogP contribution in [-0.4, -0.2) is 5.91 Å². The summed E-state index contributed by atoms with van der Waals surface area (Å²) in [6.45, 7) is 7.70. The van der Waals surface area contributed by atoms with Crippen molar-refractivity contribution in [3.8, 4) is 0 Å². The Labute approximate surface area is 140 Å². The molecule has 0 spiro atoms. The maximum Gasteiger partial charge on any atom is 0.291 e. The Morgan fingerprint density at radius 2 is 1.62 bits per heavy atom. The molecule has 0 atom stereocenters. The van der Waals surface area contributed by atoms with Crippen LogP contribution in [0.5, 0.6) is 0 Å². The topological polar surface area (TPSA) is 59.3 Å². The van der Waals surface area contributed by atoms with E-state index >= 15 is 0 Å². The molecular formula is C20H19NO3. The number of nitrogens with one attached hydrogen (secondary N) is 1. The highest BCUT2D eigenvalue weighted by Crippen LogP contribution is 2.20. The van der Waals surface area contributed by atoms with Crippen LogP contribution in [0.25, 0.3) is 11.0 Å². The molecule has 3 rings (SSSR count). The lowest BCUT2D eigenvalue weighted by Gasteiger charge is -2.09. The van der Waals surface area contributed by atoms with Crippen LogP contribution >= 0.6 is 0 Å². The van der Waals surface area contributed by atoms with Crippen LogP contribution < -0.4 is 10.7 Å². The summed E-state index contributed by atoms with van der Waals surface area (Å²) in [4.78, 5) is 24.8.